The van der Waals surface area contributed by atoms with Crippen molar-refractivity contribution in [3.8, 4) is 0 Å². The Balaban J connectivity index is 1.25. The van der Waals surface area contributed by atoms with Crippen LogP contribution in [0.4, 0.5) is 0 Å². The molecule has 0 aromatic heterocycles. The van der Waals surface area contributed by atoms with E-state index in [1.807, 2.05) is 0 Å². The Hall–Kier alpha value is -0.990. The molecule has 0 amide bonds. The van der Waals surface area contributed by atoms with Crippen LogP contribution < -0.4 is 0 Å². The van der Waals surface area contributed by atoms with Crippen LogP contribution in [0.5, 0.6) is 0 Å². The molecule has 0 aliphatic heterocycles. The number of fused-ring (bicyclic) bond motifs is 2. The van der Waals surface area contributed by atoms with Crippen molar-refractivity contribution >= 4 is 17.3 Å². The Morgan fingerprint density at radius 2 is 1.58 bits per heavy atom. The van der Waals surface area contributed by atoms with E-state index in [1.54, 1.807) is 0 Å². The summed E-state index contributed by atoms with van der Waals surface area (Å²) >= 11 is 0. The largest absolute Gasteiger partial charge is 0.300 e. The fourth-order valence-corrected chi connectivity index (χ4v) is 9.08. The summed E-state index contributed by atoms with van der Waals surface area (Å²) in [4.78, 5) is 37.8. The van der Waals surface area contributed by atoms with Crippen LogP contribution in [0.15, 0.2) is 0 Å². The maximum absolute atomic E-state index is 13.4. The van der Waals surface area contributed by atoms with Gasteiger partial charge in [-0.3, -0.25) is 14.4 Å². The van der Waals surface area contributed by atoms with Crippen molar-refractivity contribution < 1.29 is 14.4 Å². The van der Waals surface area contributed by atoms with Crippen molar-refractivity contribution in [2.24, 2.45) is 52.8 Å². The summed E-state index contributed by atoms with van der Waals surface area (Å²) in [7, 11) is 0. The molecular weight excluding hydrogens is 324 g/mol. The third kappa shape index (κ3) is 2.04. The molecule has 0 radical (unpaired) electrons. The van der Waals surface area contributed by atoms with Crippen LogP contribution in [0.2, 0.25) is 0 Å². The number of hydrogen-bond acceptors (Lipinski definition) is 3. The molecule has 3 heteroatoms. The summed E-state index contributed by atoms with van der Waals surface area (Å²) in [5.41, 5.74) is 0.312. The summed E-state index contributed by atoms with van der Waals surface area (Å²) in [6.07, 6.45) is 11.5. The highest BCUT2D eigenvalue weighted by Gasteiger charge is 2.64. The van der Waals surface area contributed by atoms with Crippen molar-refractivity contribution in [1.82, 2.24) is 0 Å². The summed E-state index contributed by atoms with van der Waals surface area (Å²) in [5.74, 6) is 4.75. The van der Waals surface area contributed by atoms with E-state index in [-0.39, 0.29) is 11.8 Å². The fraction of sp³-hybridized carbons (Fsp3) is 0.870. The highest BCUT2D eigenvalue weighted by molar-refractivity contribution is 5.89. The zero-order valence-corrected chi connectivity index (χ0v) is 15.6. The minimum atomic E-state index is 0.191. The number of rotatable bonds is 2. The molecule has 0 N–H and O–H groups in total. The Labute approximate surface area is 155 Å². The number of ketones is 3. The first-order valence-electron chi connectivity index (χ1n) is 11.1. The first-order chi connectivity index (χ1) is 12.5. The second-order valence-corrected chi connectivity index (χ2v) is 10.9. The second-order valence-electron chi connectivity index (χ2n) is 10.9. The molecule has 0 aromatic carbocycles. The third-order valence-electron chi connectivity index (χ3n) is 9.66. The maximum Gasteiger partial charge on any atom is 0.139 e. The monoisotopic (exact) mass is 354 g/mol. The molecule has 0 aromatic rings. The minimum absolute atomic E-state index is 0.191. The predicted molar refractivity (Wildman–Crippen MR) is 96.2 cm³/mol. The number of Topliss-reactive ketones (excluding diaryl/α,β-unsaturated/α-hetero) is 3. The van der Waals surface area contributed by atoms with Gasteiger partial charge in [0.15, 0.2) is 0 Å². The molecule has 6 bridgehead atoms. The van der Waals surface area contributed by atoms with E-state index in [0.717, 1.165) is 57.3 Å². The van der Waals surface area contributed by atoms with Crippen LogP contribution >= 0.6 is 0 Å². The van der Waals surface area contributed by atoms with Crippen LogP contribution in [0, 0.1) is 52.8 Å². The molecule has 140 valence electrons. The van der Waals surface area contributed by atoms with Crippen molar-refractivity contribution in [1.29, 1.82) is 0 Å². The second kappa shape index (κ2) is 5.29. The van der Waals surface area contributed by atoms with Gasteiger partial charge in [-0.15, -0.1) is 0 Å². The van der Waals surface area contributed by atoms with Gasteiger partial charge in [0.2, 0.25) is 0 Å². The van der Waals surface area contributed by atoms with Gasteiger partial charge in [-0.1, -0.05) is 0 Å². The SMILES string of the molecule is O=C1CCCC(C2C(=O)C3CC2CC3C23CC4CC(C2)C(=O)[C@@H](C4)C3)C1. The molecular formula is C23H30O3. The first-order valence-corrected chi connectivity index (χ1v) is 11.1. The average molecular weight is 354 g/mol. The normalized spacial score (nSPS) is 55.2. The van der Waals surface area contributed by atoms with E-state index in [4.69, 9.17) is 0 Å². The van der Waals surface area contributed by atoms with Gasteiger partial charge in [0, 0.05) is 36.5 Å². The Morgan fingerprint density at radius 3 is 2.27 bits per heavy atom. The maximum atomic E-state index is 13.4. The highest BCUT2D eigenvalue weighted by atomic mass is 16.1. The fourth-order valence-electron chi connectivity index (χ4n) is 9.08. The van der Waals surface area contributed by atoms with E-state index < -0.39 is 0 Å². The molecule has 7 saturated carbocycles. The molecule has 7 fully saturated rings. The lowest BCUT2D eigenvalue weighted by Gasteiger charge is -2.59. The quantitative estimate of drug-likeness (QED) is 0.753. The lowest BCUT2D eigenvalue weighted by Crippen LogP contribution is -2.56. The molecule has 0 spiro atoms. The lowest BCUT2D eigenvalue weighted by molar-refractivity contribution is -0.157. The van der Waals surface area contributed by atoms with E-state index >= 15 is 0 Å². The zero-order valence-electron chi connectivity index (χ0n) is 15.6. The molecule has 3 nitrogen and oxygen atoms in total. The molecule has 0 heterocycles. The van der Waals surface area contributed by atoms with Gasteiger partial charge in [0.25, 0.3) is 0 Å². The molecule has 0 saturated heterocycles. The standard InChI is InChI=1S/C23H30O3/c24-17-3-1-2-13(6-17)20-14-7-18(22(20)26)19(8-14)23-9-12-4-15(10-23)21(25)16(5-12)11-23/h12-16,18-20H,1-11H2/t12?,13?,14?,15-,16?,18?,19?,20?,23?/m0/s1. The third-order valence-corrected chi connectivity index (χ3v) is 9.66. The van der Waals surface area contributed by atoms with Crippen molar-refractivity contribution in [3.05, 3.63) is 0 Å². The Bertz CT molecular complexity index is 676. The Morgan fingerprint density at radius 1 is 0.808 bits per heavy atom. The number of hydrogen-bond donors (Lipinski definition) is 0. The summed E-state index contributed by atoms with van der Waals surface area (Å²) in [6, 6.07) is 0. The molecule has 26 heavy (non-hydrogen) atoms. The topological polar surface area (TPSA) is 51.2 Å². The molecule has 9 atom stereocenters. The van der Waals surface area contributed by atoms with Crippen LogP contribution in [0.1, 0.15) is 70.6 Å². The number of carbonyl (C=O) groups excluding carboxylic acids is 3. The van der Waals surface area contributed by atoms with Gasteiger partial charge in [0.05, 0.1) is 0 Å². The van der Waals surface area contributed by atoms with Crippen molar-refractivity contribution in [3.63, 3.8) is 0 Å². The Kier molecular flexibility index (Phi) is 3.26. The first kappa shape index (κ1) is 16.0. The van der Waals surface area contributed by atoms with Crippen LogP contribution in [0.25, 0.3) is 0 Å². The van der Waals surface area contributed by atoms with E-state index in [0.29, 0.717) is 58.8 Å². The van der Waals surface area contributed by atoms with E-state index in [1.165, 1.54) is 12.8 Å². The van der Waals surface area contributed by atoms with Crippen LogP contribution in [0.3, 0.4) is 0 Å². The molecule has 7 aliphatic carbocycles. The van der Waals surface area contributed by atoms with Gasteiger partial charge in [-0.05, 0) is 86.9 Å². The smallest absolute Gasteiger partial charge is 0.139 e. The zero-order chi connectivity index (χ0) is 17.6. The van der Waals surface area contributed by atoms with Gasteiger partial charge in [-0.25, -0.2) is 0 Å². The average Bonchev–Trinajstić information content (AvgIpc) is 3.17. The number of carbonyl (C=O) groups is 3. The van der Waals surface area contributed by atoms with Crippen molar-refractivity contribution in [2.75, 3.05) is 0 Å². The molecule has 8 unspecified atom stereocenters. The summed E-state index contributed by atoms with van der Waals surface area (Å²) in [6.45, 7) is 0. The minimum Gasteiger partial charge on any atom is -0.300 e. The highest BCUT2D eigenvalue weighted by Crippen LogP contribution is 2.68. The summed E-state index contributed by atoms with van der Waals surface area (Å²) in [5, 5.41) is 0. The van der Waals surface area contributed by atoms with Crippen LogP contribution in [-0.2, 0) is 14.4 Å². The van der Waals surface area contributed by atoms with Gasteiger partial charge >= 0.3 is 0 Å². The molecule has 7 rings (SSSR count). The summed E-state index contributed by atoms with van der Waals surface area (Å²) < 4.78 is 0. The predicted octanol–water partition coefficient (Wildman–Crippen LogP) is 3.98. The lowest BCUT2D eigenvalue weighted by atomic mass is 9.44. The van der Waals surface area contributed by atoms with Gasteiger partial charge in [-0.2, -0.15) is 0 Å². The molecule has 7 aliphatic rings. The van der Waals surface area contributed by atoms with E-state index in [9.17, 15) is 14.4 Å². The van der Waals surface area contributed by atoms with Gasteiger partial charge < -0.3 is 0 Å². The van der Waals surface area contributed by atoms with Gasteiger partial charge in [0.1, 0.15) is 17.3 Å². The van der Waals surface area contributed by atoms with E-state index in [2.05, 4.69) is 0 Å². The van der Waals surface area contributed by atoms with Crippen LogP contribution in [-0.4, -0.2) is 17.3 Å². The van der Waals surface area contributed by atoms with Crippen molar-refractivity contribution in [2.45, 2.75) is 70.6 Å².